The van der Waals surface area contributed by atoms with Crippen LogP contribution in [0.3, 0.4) is 0 Å². The summed E-state index contributed by atoms with van der Waals surface area (Å²) in [7, 11) is 0. The Bertz CT molecular complexity index is 162. The summed E-state index contributed by atoms with van der Waals surface area (Å²) < 4.78 is 5.72. The van der Waals surface area contributed by atoms with E-state index < -0.39 is 0 Å². The van der Waals surface area contributed by atoms with Crippen LogP contribution in [0.15, 0.2) is 0 Å². The van der Waals surface area contributed by atoms with Gasteiger partial charge in [-0.15, -0.1) is 0 Å². The smallest absolute Gasteiger partial charge is 0.0600 e. The predicted molar refractivity (Wildman–Crippen MR) is 60.5 cm³/mol. The number of hydrogen-bond donors (Lipinski definition) is 0. The molecule has 0 bridgehead atoms. The minimum absolute atomic E-state index is 0.0177. The van der Waals surface area contributed by atoms with Crippen molar-refractivity contribution in [2.75, 3.05) is 26.2 Å². The van der Waals surface area contributed by atoms with Crippen molar-refractivity contribution in [3.63, 3.8) is 0 Å². The largest absolute Gasteiger partial charge is 0.375 e. The molecule has 1 aliphatic heterocycles. The van der Waals surface area contributed by atoms with Crippen molar-refractivity contribution in [2.24, 2.45) is 5.92 Å². The second-order valence-electron chi connectivity index (χ2n) is 5.32. The van der Waals surface area contributed by atoms with Crippen LogP contribution in [0, 0.1) is 5.92 Å². The summed E-state index contributed by atoms with van der Waals surface area (Å²) in [5.74, 6) is 0.935. The van der Waals surface area contributed by atoms with Crippen LogP contribution in [0.4, 0.5) is 0 Å². The standard InChI is InChI=1S/C12H25NO/c1-5-11-6-7-13(10-11)8-9-14-12(2,3)4/h11H,5-10H2,1-4H3. The topological polar surface area (TPSA) is 12.5 Å². The summed E-state index contributed by atoms with van der Waals surface area (Å²) in [6.45, 7) is 13.2. The molecule has 1 atom stereocenters. The molecule has 1 fully saturated rings. The van der Waals surface area contributed by atoms with Gasteiger partial charge in [0.2, 0.25) is 0 Å². The van der Waals surface area contributed by atoms with Crippen molar-refractivity contribution in [2.45, 2.75) is 46.1 Å². The quantitative estimate of drug-likeness (QED) is 0.690. The molecule has 0 aromatic heterocycles. The second-order valence-corrected chi connectivity index (χ2v) is 5.32. The summed E-state index contributed by atoms with van der Waals surface area (Å²) in [6.07, 6.45) is 2.71. The fourth-order valence-corrected chi connectivity index (χ4v) is 1.93. The molecule has 0 spiro atoms. The lowest BCUT2D eigenvalue weighted by molar-refractivity contribution is -0.0112. The van der Waals surface area contributed by atoms with Gasteiger partial charge in [0.05, 0.1) is 12.2 Å². The maximum Gasteiger partial charge on any atom is 0.0600 e. The highest BCUT2D eigenvalue weighted by Gasteiger charge is 2.20. The van der Waals surface area contributed by atoms with Crippen molar-refractivity contribution >= 4 is 0 Å². The first kappa shape index (κ1) is 12.0. The van der Waals surface area contributed by atoms with E-state index in [2.05, 4.69) is 32.6 Å². The Hall–Kier alpha value is -0.0800. The number of rotatable bonds is 4. The average Bonchev–Trinajstić information content (AvgIpc) is 2.50. The van der Waals surface area contributed by atoms with Gasteiger partial charge >= 0.3 is 0 Å². The molecule has 1 rings (SSSR count). The van der Waals surface area contributed by atoms with Crippen molar-refractivity contribution in [3.8, 4) is 0 Å². The van der Waals surface area contributed by atoms with Gasteiger partial charge in [0, 0.05) is 13.1 Å². The van der Waals surface area contributed by atoms with Gasteiger partial charge in [0.15, 0.2) is 0 Å². The van der Waals surface area contributed by atoms with Crippen molar-refractivity contribution in [3.05, 3.63) is 0 Å². The van der Waals surface area contributed by atoms with Crippen molar-refractivity contribution in [1.82, 2.24) is 4.90 Å². The van der Waals surface area contributed by atoms with Gasteiger partial charge in [-0.25, -0.2) is 0 Å². The summed E-state index contributed by atoms with van der Waals surface area (Å²) in [6, 6.07) is 0. The van der Waals surface area contributed by atoms with Crippen LogP contribution in [0.1, 0.15) is 40.5 Å². The molecule has 0 aliphatic carbocycles. The van der Waals surface area contributed by atoms with E-state index in [1.807, 2.05) is 0 Å². The molecule has 84 valence electrons. The van der Waals surface area contributed by atoms with Gasteiger partial charge in [-0.05, 0) is 39.7 Å². The minimum Gasteiger partial charge on any atom is -0.375 e. The highest BCUT2D eigenvalue weighted by molar-refractivity contribution is 4.74. The lowest BCUT2D eigenvalue weighted by atomic mass is 10.1. The zero-order valence-corrected chi connectivity index (χ0v) is 10.2. The van der Waals surface area contributed by atoms with Crippen molar-refractivity contribution < 1.29 is 4.74 Å². The van der Waals surface area contributed by atoms with Crippen LogP contribution in [0.2, 0.25) is 0 Å². The first-order chi connectivity index (χ1) is 6.51. The van der Waals surface area contributed by atoms with E-state index in [9.17, 15) is 0 Å². The molecule has 1 saturated heterocycles. The second kappa shape index (κ2) is 5.13. The van der Waals surface area contributed by atoms with Gasteiger partial charge in [0.25, 0.3) is 0 Å². The monoisotopic (exact) mass is 199 g/mol. The van der Waals surface area contributed by atoms with Gasteiger partial charge in [-0.3, -0.25) is 0 Å². The molecular formula is C12H25NO. The molecule has 0 amide bonds. The first-order valence-corrected chi connectivity index (χ1v) is 5.87. The molecule has 14 heavy (non-hydrogen) atoms. The van der Waals surface area contributed by atoms with Crippen molar-refractivity contribution in [1.29, 1.82) is 0 Å². The van der Waals surface area contributed by atoms with E-state index in [4.69, 9.17) is 4.74 Å². The van der Waals surface area contributed by atoms with Crippen LogP contribution in [-0.2, 0) is 4.74 Å². The fourth-order valence-electron chi connectivity index (χ4n) is 1.93. The maximum atomic E-state index is 5.72. The Morgan fingerprint density at radius 3 is 2.57 bits per heavy atom. The summed E-state index contributed by atoms with van der Waals surface area (Å²) in [4.78, 5) is 2.53. The zero-order valence-electron chi connectivity index (χ0n) is 10.2. The molecule has 0 aromatic rings. The Kier molecular flexibility index (Phi) is 4.39. The minimum atomic E-state index is 0.0177. The van der Waals surface area contributed by atoms with E-state index in [-0.39, 0.29) is 5.60 Å². The Morgan fingerprint density at radius 2 is 2.07 bits per heavy atom. The van der Waals surface area contributed by atoms with Gasteiger partial charge < -0.3 is 9.64 Å². The number of nitrogens with zero attached hydrogens (tertiary/aromatic N) is 1. The van der Waals surface area contributed by atoms with Crippen LogP contribution in [0.5, 0.6) is 0 Å². The maximum absolute atomic E-state index is 5.72. The number of hydrogen-bond acceptors (Lipinski definition) is 2. The molecule has 1 aliphatic rings. The van der Waals surface area contributed by atoms with Crippen LogP contribution < -0.4 is 0 Å². The summed E-state index contributed by atoms with van der Waals surface area (Å²) >= 11 is 0. The molecule has 2 heteroatoms. The third-order valence-corrected chi connectivity index (χ3v) is 2.89. The highest BCUT2D eigenvalue weighted by atomic mass is 16.5. The Labute approximate surface area is 88.6 Å². The predicted octanol–water partition coefficient (Wildman–Crippen LogP) is 2.53. The SMILES string of the molecule is CCC1CCN(CCOC(C)(C)C)C1. The molecule has 0 radical (unpaired) electrons. The molecule has 0 aromatic carbocycles. The summed E-state index contributed by atoms with van der Waals surface area (Å²) in [5.41, 5.74) is 0.0177. The van der Waals surface area contributed by atoms with Gasteiger partial charge in [0.1, 0.15) is 0 Å². The average molecular weight is 199 g/mol. The van der Waals surface area contributed by atoms with Crippen LogP contribution >= 0.6 is 0 Å². The zero-order chi connectivity index (χ0) is 10.6. The van der Waals surface area contributed by atoms with Crippen LogP contribution in [-0.4, -0.2) is 36.7 Å². The van der Waals surface area contributed by atoms with E-state index in [0.717, 1.165) is 19.1 Å². The Morgan fingerprint density at radius 1 is 1.36 bits per heavy atom. The van der Waals surface area contributed by atoms with E-state index in [0.29, 0.717) is 0 Å². The van der Waals surface area contributed by atoms with Crippen LogP contribution in [0.25, 0.3) is 0 Å². The normalized spacial score (nSPS) is 24.4. The van der Waals surface area contributed by atoms with Gasteiger partial charge in [-0.1, -0.05) is 13.3 Å². The van der Waals surface area contributed by atoms with E-state index in [1.165, 1.54) is 25.9 Å². The summed E-state index contributed by atoms with van der Waals surface area (Å²) in [5, 5.41) is 0. The molecule has 1 heterocycles. The number of likely N-dealkylation sites (tertiary alicyclic amines) is 1. The van der Waals surface area contributed by atoms with Gasteiger partial charge in [-0.2, -0.15) is 0 Å². The lowest BCUT2D eigenvalue weighted by Gasteiger charge is -2.22. The third-order valence-electron chi connectivity index (χ3n) is 2.89. The molecular weight excluding hydrogens is 174 g/mol. The molecule has 1 unspecified atom stereocenters. The number of ether oxygens (including phenoxy) is 1. The fraction of sp³-hybridized carbons (Fsp3) is 1.00. The Balaban J connectivity index is 2.09. The molecule has 0 N–H and O–H groups in total. The van der Waals surface area contributed by atoms with E-state index >= 15 is 0 Å². The highest BCUT2D eigenvalue weighted by Crippen LogP contribution is 2.18. The molecule has 0 saturated carbocycles. The lowest BCUT2D eigenvalue weighted by Crippen LogP contribution is -2.29. The first-order valence-electron chi connectivity index (χ1n) is 5.87. The molecule has 2 nitrogen and oxygen atoms in total. The van der Waals surface area contributed by atoms with E-state index in [1.54, 1.807) is 0 Å². The third kappa shape index (κ3) is 4.43.